The molecule has 1 N–H and O–H groups in total. The summed E-state index contributed by atoms with van der Waals surface area (Å²) < 4.78 is 1.84. The van der Waals surface area contributed by atoms with Gasteiger partial charge in [0.25, 0.3) is 0 Å². The number of fused-ring (bicyclic) bond motifs is 1. The second-order valence-electron chi connectivity index (χ2n) is 5.19. The highest BCUT2D eigenvalue weighted by Crippen LogP contribution is 2.25. The van der Waals surface area contributed by atoms with Crippen molar-refractivity contribution in [2.75, 3.05) is 12.3 Å². The van der Waals surface area contributed by atoms with E-state index >= 15 is 0 Å². The van der Waals surface area contributed by atoms with Gasteiger partial charge in [0.15, 0.2) is 5.65 Å². The highest BCUT2D eigenvalue weighted by molar-refractivity contribution is 8.00. The Balaban J connectivity index is 1.65. The van der Waals surface area contributed by atoms with Crippen LogP contribution in [0.5, 0.6) is 0 Å². The molecule has 1 fully saturated rings. The van der Waals surface area contributed by atoms with Crippen molar-refractivity contribution in [1.29, 1.82) is 0 Å². The Labute approximate surface area is 118 Å². The number of aromatic nitrogens is 3. The summed E-state index contributed by atoms with van der Waals surface area (Å²) >= 11 is 2.09. The molecule has 1 saturated heterocycles. The molecule has 1 unspecified atom stereocenters. The van der Waals surface area contributed by atoms with Gasteiger partial charge in [-0.25, -0.2) is 4.98 Å². The molecule has 0 spiro atoms. The molecule has 5 heteroatoms. The molecule has 3 rings (SSSR count). The van der Waals surface area contributed by atoms with Crippen molar-refractivity contribution in [2.45, 2.75) is 31.6 Å². The predicted octanol–water partition coefficient (Wildman–Crippen LogP) is 2.26. The topological polar surface area (TPSA) is 42.7 Å². The molecule has 102 valence electrons. The van der Waals surface area contributed by atoms with Crippen LogP contribution in [0.3, 0.4) is 0 Å². The zero-order chi connectivity index (χ0) is 13.2. The molecule has 19 heavy (non-hydrogen) atoms. The van der Waals surface area contributed by atoms with E-state index in [9.17, 15) is 0 Å². The Kier molecular flexibility index (Phi) is 3.75. The lowest BCUT2D eigenvalue weighted by atomic mass is 10.2. The second kappa shape index (κ2) is 5.51. The number of nitrogens with one attached hydrogen (secondary N) is 1. The maximum Gasteiger partial charge on any atom is 0.157 e. The molecule has 1 aliphatic rings. The fraction of sp³-hybridized carbons (Fsp3) is 0.571. The summed E-state index contributed by atoms with van der Waals surface area (Å²) in [6.07, 6.45) is 4.69. The van der Waals surface area contributed by atoms with Crippen LogP contribution >= 0.6 is 11.8 Å². The summed E-state index contributed by atoms with van der Waals surface area (Å²) in [5.41, 5.74) is 3.26. The Hall–Kier alpha value is -1.07. The molecule has 0 bridgehead atoms. The van der Waals surface area contributed by atoms with Gasteiger partial charge >= 0.3 is 0 Å². The first kappa shape index (κ1) is 12.9. The number of hydrogen-bond donors (Lipinski definition) is 1. The molecule has 0 saturated carbocycles. The Morgan fingerprint density at radius 3 is 3.21 bits per heavy atom. The zero-order valence-corrected chi connectivity index (χ0v) is 12.3. The molecule has 0 aromatic carbocycles. The lowest BCUT2D eigenvalue weighted by molar-refractivity contribution is 0.645. The molecule has 0 aliphatic carbocycles. The highest BCUT2D eigenvalue weighted by atomic mass is 32.2. The molecule has 0 amide bonds. The number of thioether (sulfide) groups is 1. The third-order valence-electron chi connectivity index (χ3n) is 3.64. The van der Waals surface area contributed by atoms with Gasteiger partial charge in [-0.05, 0) is 37.1 Å². The van der Waals surface area contributed by atoms with Crippen molar-refractivity contribution in [3.8, 4) is 0 Å². The van der Waals surface area contributed by atoms with E-state index in [-0.39, 0.29) is 0 Å². The van der Waals surface area contributed by atoms with Crippen molar-refractivity contribution in [1.82, 2.24) is 20.1 Å². The third kappa shape index (κ3) is 2.77. The van der Waals surface area contributed by atoms with Crippen molar-refractivity contribution in [2.24, 2.45) is 7.05 Å². The zero-order valence-electron chi connectivity index (χ0n) is 11.5. The van der Waals surface area contributed by atoms with Gasteiger partial charge < -0.3 is 5.32 Å². The van der Waals surface area contributed by atoms with Crippen LogP contribution in [-0.4, -0.2) is 32.3 Å². The average Bonchev–Trinajstić information content (AvgIpc) is 3.00. The van der Waals surface area contributed by atoms with Gasteiger partial charge in [0.2, 0.25) is 0 Å². The van der Waals surface area contributed by atoms with Crippen LogP contribution < -0.4 is 5.32 Å². The highest BCUT2D eigenvalue weighted by Gasteiger charge is 2.14. The van der Waals surface area contributed by atoms with Crippen molar-refractivity contribution in [3.63, 3.8) is 0 Å². The number of nitrogens with zero attached hydrogens (tertiary/aromatic N) is 3. The molecular formula is C14H20N4S. The SMILES string of the molecule is Cc1nn(C)c2ncc(CNCC3CCCS3)cc12. The van der Waals surface area contributed by atoms with Gasteiger partial charge in [0.1, 0.15) is 0 Å². The van der Waals surface area contributed by atoms with E-state index in [1.165, 1.54) is 24.2 Å². The summed E-state index contributed by atoms with van der Waals surface area (Å²) in [7, 11) is 1.94. The number of aryl methyl sites for hydroxylation is 2. The Bertz CT molecular complexity index is 572. The van der Waals surface area contributed by atoms with Gasteiger partial charge in [-0.3, -0.25) is 4.68 Å². The van der Waals surface area contributed by atoms with Crippen molar-refractivity contribution < 1.29 is 0 Å². The first-order valence-electron chi connectivity index (χ1n) is 6.84. The average molecular weight is 276 g/mol. The molecule has 1 atom stereocenters. The Morgan fingerprint density at radius 1 is 1.53 bits per heavy atom. The summed E-state index contributed by atoms with van der Waals surface area (Å²) in [6.45, 7) is 4.04. The first-order chi connectivity index (χ1) is 9.24. The van der Waals surface area contributed by atoms with E-state index in [0.29, 0.717) is 0 Å². The third-order valence-corrected chi connectivity index (χ3v) is 5.04. The standard InChI is InChI=1S/C14H20N4S/c1-10-13-6-11(8-16-14(13)18(2)17-10)7-15-9-12-4-3-5-19-12/h6,8,12,15H,3-5,7,9H2,1-2H3. The quantitative estimate of drug-likeness (QED) is 0.930. The van der Waals surface area contributed by atoms with Gasteiger partial charge in [-0.2, -0.15) is 16.9 Å². The Morgan fingerprint density at radius 2 is 2.42 bits per heavy atom. The lowest BCUT2D eigenvalue weighted by Gasteiger charge is -2.09. The predicted molar refractivity (Wildman–Crippen MR) is 80.4 cm³/mol. The smallest absolute Gasteiger partial charge is 0.157 e. The van der Waals surface area contributed by atoms with E-state index in [4.69, 9.17) is 0 Å². The van der Waals surface area contributed by atoms with Crippen LogP contribution in [0.25, 0.3) is 11.0 Å². The fourth-order valence-corrected chi connectivity index (χ4v) is 3.87. The van der Waals surface area contributed by atoms with Gasteiger partial charge in [0.05, 0.1) is 5.69 Å². The first-order valence-corrected chi connectivity index (χ1v) is 7.89. The van der Waals surface area contributed by atoms with Crippen LogP contribution in [0.2, 0.25) is 0 Å². The minimum atomic E-state index is 0.803. The minimum Gasteiger partial charge on any atom is -0.312 e. The molecule has 3 heterocycles. The number of pyridine rings is 1. The van der Waals surface area contributed by atoms with Crippen LogP contribution in [0, 0.1) is 6.92 Å². The normalized spacial score (nSPS) is 19.4. The molecule has 4 nitrogen and oxygen atoms in total. The van der Waals surface area contributed by atoms with E-state index in [0.717, 1.165) is 35.1 Å². The second-order valence-corrected chi connectivity index (χ2v) is 6.60. The molecule has 0 radical (unpaired) electrons. The number of hydrogen-bond acceptors (Lipinski definition) is 4. The minimum absolute atomic E-state index is 0.803. The largest absolute Gasteiger partial charge is 0.312 e. The van der Waals surface area contributed by atoms with Crippen molar-refractivity contribution in [3.05, 3.63) is 23.5 Å². The summed E-state index contributed by atoms with van der Waals surface area (Å²) in [4.78, 5) is 4.51. The maximum absolute atomic E-state index is 4.51. The van der Waals surface area contributed by atoms with Crippen LogP contribution in [-0.2, 0) is 13.6 Å². The van der Waals surface area contributed by atoms with Gasteiger partial charge in [-0.1, -0.05) is 0 Å². The van der Waals surface area contributed by atoms with E-state index in [1.54, 1.807) is 0 Å². The van der Waals surface area contributed by atoms with Crippen LogP contribution in [0.4, 0.5) is 0 Å². The summed E-state index contributed by atoms with van der Waals surface area (Å²) in [6, 6.07) is 2.21. The summed E-state index contributed by atoms with van der Waals surface area (Å²) in [5, 5.41) is 9.92. The van der Waals surface area contributed by atoms with Crippen LogP contribution in [0.1, 0.15) is 24.1 Å². The monoisotopic (exact) mass is 276 g/mol. The summed E-state index contributed by atoms with van der Waals surface area (Å²) in [5.74, 6) is 1.33. The van der Waals surface area contributed by atoms with Crippen molar-refractivity contribution >= 4 is 22.8 Å². The number of rotatable bonds is 4. The maximum atomic E-state index is 4.51. The lowest BCUT2D eigenvalue weighted by Crippen LogP contribution is -2.22. The van der Waals surface area contributed by atoms with Crippen LogP contribution in [0.15, 0.2) is 12.3 Å². The van der Waals surface area contributed by atoms with Gasteiger partial charge in [-0.15, -0.1) is 0 Å². The molecule has 2 aromatic rings. The molecule has 2 aromatic heterocycles. The fourth-order valence-electron chi connectivity index (χ4n) is 2.63. The molecular weight excluding hydrogens is 256 g/mol. The van der Waals surface area contributed by atoms with E-state index < -0.39 is 0 Å². The van der Waals surface area contributed by atoms with E-state index in [1.807, 2.05) is 24.9 Å². The van der Waals surface area contributed by atoms with E-state index in [2.05, 4.69) is 33.2 Å². The molecule has 1 aliphatic heterocycles. The van der Waals surface area contributed by atoms with Gasteiger partial charge in [0, 0.05) is 37.0 Å².